The molecule has 1 unspecified atom stereocenters. The third kappa shape index (κ3) is 3.98. The van der Waals surface area contributed by atoms with Gasteiger partial charge in [0.25, 0.3) is 0 Å². The monoisotopic (exact) mass is 270 g/mol. The summed E-state index contributed by atoms with van der Waals surface area (Å²) in [5, 5.41) is 0. The SMILES string of the molecule is CCCN(Cc1cc(F)ccc1F)C(C)(CC)CN. The molecule has 0 radical (unpaired) electrons. The fourth-order valence-electron chi connectivity index (χ4n) is 2.18. The smallest absolute Gasteiger partial charge is 0.127 e. The lowest BCUT2D eigenvalue weighted by Crippen LogP contribution is -2.51. The molecule has 1 aromatic rings. The van der Waals surface area contributed by atoms with Crippen LogP contribution in [0.15, 0.2) is 18.2 Å². The zero-order chi connectivity index (χ0) is 14.5. The van der Waals surface area contributed by atoms with E-state index in [4.69, 9.17) is 5.73 Å². The number of benzene rings is 1. The van der Waals surface area contributed by atoms with Gasteiger partial charge in [-0.1, -0.05) is 13.8 Å². The highest BCUT2D eigenvalue weighted by molar-refractivity contribution is 5.19. The Bertz CT molecular complexity index is 403. The van der Waals surface area contributed by atoms with Gasteiger partial charge in [-0.25, -0.2) is 8.78 Å². The fraction of sp³-hybridized carbons (Fsp3) is 0.600. The fourth-order valence-corrected chi connectivity index (χ4v) is 2.18. The number of nitrogens with zero attached hydrogens (tertiary/aromatic N) is 1. The van der Waals surface area contributed by atoms with Crippen molar-refractivity contribution < 1.29 is 8.78 Å². The number of hydrogen-bond donors (Lipinski definition) is 1. The first kappa shape index (κ1) is 16.1. The van der Waals surface area contributed by atoms with Gasteiger partial charge in [-0.15, -0.1) is 0 Å². The predicted octanol–water partition coefficient (Wildman–Crippen LogP) is 3.30. The van der Waals surface area contributed by atoms with Crippen molar-refractivity contribution in [3.63, 3.8) is 0 Å². The third-order valence-corrected chi connectivity index (χ3v) is 3.83. The molecular formula is C15H24F2N2. The van der Waals surface area contributed by atoms with Gasteiger partial charge in [-0.2, -0.15) is 0 Å². The normalized spacial score (nSPS) is 14.7. The lowest BCUT2D eigenvalue weighted by Gasteiger charge is -2.40. The van der Waals surface area contributed by atoms with Gasteiger partial charge in [0, 0.05) is 24.2 Å². The van der Waals surface area contributed by atoms with Gasteiger partial charge in [0.05, 0.1) is 0 Å². The molecule has 0 spiro atoms. The second-order valence-corrected chi connectivity index (χ2v) is 5.21. The molecule has 2 nitrogen and oxygen atoms in total. The van der Waals surface area contributed by atoms with Crippen molar-refractivity contribution in [2.75, 3.05) is 13.1 Å². The molecule has 19 heavy (non-hydrogen) atoms. The van der Waals surface area contributed by atoms with E-state index in [1.165, 1.54) is 12.1 Å². The molecule has 1 atom stereocenters. The standard InChI is InChI=1S/C15H24F2N2/c1-4-8-19(15(3,5-2)11-18)10-12-9-13(16)6-7-14(12)17/h6-7,9H,4-5,8,10-11,18H2,1-3H3. The van der Waals surface area contributed by atoms with Crippen molar-refractivity contribution in [3.05, 3.63) is 35.4 Å². The van der Waals surface area contributed by atoms with E-state index in [-0.39, 0.29) is 11.4 Å². The molecule has 0 saturated carbocycles. The summed E-state index contributed by atoms with van der Waals surface area (Å²) >= 11 is 0. The first-order valence-corrected chi connectivity index (χ1v) is 6.86. The topological polar surface area (TPSA) is 29.3 Å². The van der Waals surface area contributed by atoms with Crippen molar-refractivity contribution in [3.8, 4) is 0 Å². The molecule has 0 aliphatic heterocycles. The van der Waals surface area contributed by atoms with Crippen LogP contribution >= 0.6 is 0 Å². The second-order valence-electron chi connectivity index (χ2n) is 5.21. The van der Waals surface area contributed by atoms with Crippen LogP contribution in [-0.2, 0) is 6.54 Å². The van der Waals surface area contributed by atoms with Crippen molar-refractivity contribution in [1.82, 2.24) is 4.90 Å². The van der Waals surface area contributed by atoms with Crippen LogP contribution in [0, 0.1) is 11.6 Å². The lowest BCUT2D eigenvalue weighted by molar-refractivity contribution is 0.0958. The van der Waals surface area contributed by atoms with E-state index in [1.807, 2.05) is 0 Å². The van der Waals surface area contributed by atoms with Gasteiger partial charge < -0.3 is 5.73 Å². The van der Waals surface area contributed by atoms with Gasteiger partial charge in [0.2, 0.25) is 0 Å². The van der Waals surface area contributed by atoms with Gasteiger partial charge in [0.15, 0.2) is 0 Å². The van der Waals surface area contributed by atoms with E-state index in [0.717, 1.165) is 25.5 Å². The van der Waals surface area contributed by atoms with Crippen LogP contribution in [0.1, 0.15) is 39.2 Å². The van der Waals surface area contributed by atoms with E-state index >= 15 is 0 Å². The van der Waals surface area contributed by atoms with Crippen molar-refractivity contribution in [1.29, 1.82) is 0 Å². The molecule has 1 rings (SSSR count). The minimum absolute atomic E-state index is 0.186. The summed E-state index contributed by atoms with van der Waals surface area (Å²) in [5.74, 6) is -0.767. The Morgan fingerprint density at radius 1 is 1.26 bits per heavy atom. The maximum absolute atomic E-state index is 13.7. The molecule has 108 valence electrons. The first-order valence-electron chi connectivity index (χ1n) is 6.86. The number of rotatable bonds is 7. The third-order valence-electron chi connectivity index (χ3n) is 3.83. The Balaban J connectivity index is 2.98. The van der Waals surface area contributed by atoms with Gasteiger partial charge in [-0.05, 0) is 44.5 Å². The molecule has 0 amide bonds. The van der Waals surface area contributed by atoms with Crippen LogP contribution < -0.4 is 5.73 Å². The van der Waals surface area contributed by atoms with E-state index in [1.54, 1.807) is 0 Å². The van der Waals surface area contributed by atoms with E-state index in [2.05, 4.69) is 25.7 Å². The van der Waals surface area contributed by atoms with Crippen LogP contribution in [0.3, 0.4) is 0 Å². The maximum atomic E-state index is 13.7. The molecule has 0 aromatic heterocycles. The Kier molecular flexibility index (Phi) is 5.88. The summed E-state index contributed by atoms with van der Waals surface area (Å²) in [6.07, 6.45) is 1.83. The van der Waals surface area contributed by atoms with Crippen LogP contribution in [0.25, 0.3) is 0 Å². The van der Waals surface area contributed by atoms with Gasteiger partial charge in [-0.3, -0.25) is 4.90 Å². The van der Waals surface area contributed by atoms with Crippen molar-refractivity contribution in [2.45, 2.75) is 45.7 Å². The predicted molar refractivity (Wildman–Crippen MR) is 74.8 cm³/mol. The average Bonchev–Trinajstić information content (AvgIpc) is 2.41. The largest absolute Gasteiger partial charge is 0.329 e. The molecule has 0 bridgehead atoms. The van der Waals surface area contributed by atoms with Gasteiger partial charge in [0.1, 0.15) is 11.6 Å². The molecule has 0 aliphatic rings. The first-order chi connectivity index (χ1) is 8.96. The van der Waals surface area contributed by atoms with Crippen molar-refractivity contribution >= 4 is 0 Å². The summed E-state index contributed by atoms with van der Waals surface area (Å²) in [7, 11) is 0. The highest BCUT2D eigenvalue weighted by atomic mass is 19.1. The maximum Gasteiger partial charge on any atom is 0.127 e. The van der Waals surface area contributed by atoms with E-state index in [0.29, 0.717) is 18.7 Å². The average molecular weight is 270 g/mol. The highest BCUT2D eigenvalue weighted by Gasteiger charge is 2.28. The molecule has 1 aromatic carbocycles. The van der Waals surface area contributed by atoms with Crippen LogP contribution in [0.2, 0.25) is 0 Å². The number of hydrogen-bond acceptors (Lipinski definition) is 2. The second kappa shape index (κ2) is 6.96. The summed E-state index contributed by atoms with van der Waals surface area (Å²) in [6.45, 7) is 7.91. The summed E-state index contributed by atoms with van der Waals surface area (Å²) < 4.78 is 27.0. The molecule has 0 fully saturated rings. The molecular weight excluding hydrogens is 246 g/mol. The summed E-state index contributed by atoms with van der Waals surface area (Å²) in [6, 6.07) is 3.59. The molecule has 0 heterocycles. The van der Waals surface area contributed by atoms with Crippen LogP contribution in [-0.4, -0.2) is 23.5 Å². The zero-order valence-electron chi connectivity index (χ0n) is 12.0. The van der Waals surface area contributed by atoms with E-state index < -0.39 is 5.82 Å². The zero-order valence-corrected chi connectivity index (χ0v) is 12.0. The lowest BCUT2D eigenvalue weighted by atomic mass is 9.95. The van der Waals surface area contributed by atoms with Crippen molar-refractivity contribution in [2.24, 2.45) is 5.73 Å². The molecule has 0 saturated heterocycles. The van der Waals surface area contributed by atoms with E-state index in [9.17, 15) is 8.78 Å². The Morgan fingerprint density at radius 3 is 2.47 bits per heavy atom. The Labute approximate surface area is 114 Å². The Morgan fingerprint density at radius 2 is 1.95 bits per heavy atom. The molecule has 2 N–H and O–H groups in total. The van der Waals surface area contributed by atoms with Crippen LogP contribution in [0.5, 0.6) is 0 Å². The Hall–Kier alpha value is -1.00. The van der Waals surface area contributed by atoms with Gasteiger partial charge >= 0.3 is 0 Å². The molecule has 0 aliphatic carbocycles. The number of halogens is 2. The molecule has 4 heteroatoms. The minimum atomic E-state index is -0.404. The van der Waals surface area contributed by atoms with Crippen LogP contribution in [0.4, 0.5) is 8.78 Å². The summed E-state index contributed by atoms with van der Waals surface area (Å²) in [4.78, 5) is 2.14. The quantitative estimate of drug-likeness (QED) is 0.823. The minimum Gasteiger partial charge on any atom is -0.329 e. The number of nitrogens with two attached hydrogens (primary N) is 1. The summed E-state index contributed by atoms with van der Waals surface area (Å²) in [5.41, 5.74) is 6.07. The highest BCUT2D eigenvalue weighted by Crippen LogP contribution is 2.22.